The molecule has 2 heterocycles. The van der Waals surface area contributed by atoms with E-state index in [4.69, 9.17) is 0 Å². The Morgan fingerprint density at radius 1 is 0.800 bits per heavy atom. The van der Waals surface area contributed by atoms with Gasteiger partial charge in [0, 0.05) is 27.2 Å². The van der Waals surface area contributed by atoms with Crippen LogP contribution in [0.15, 0.2) is 0 Å². The van der Waals surface area contributed by atoms with E-state index in [1.807, 2.05) is 6.92 Å². The quantitative estimate of drug-likeness (QED) is 0.572. The van der Waals surface area contributed by atoms with Crippen LogP contribution in [0.25, 0.3) is 11.0 Å². The van der Waals surface area contributed by atoms with Gasteiger partial charge in [-0.05, 0) is 6.42 Å². The molecule has 0 aliphatic rings. The molecule has 0 aliphatic carbocycles. The fraction of sp³-hybridized carbons (Fsp3) is 0.571. The van der Waals surface area contributed by atoms with Crippen molar-refractivity contribution in [2.24, 2.45) is 0 Å². The lowest BCUT2D eigenvalue weighted by Gasteiger charge is -2.14. The van der Waals surface area contributed by atoms with Gasteiger partial charge in [0.1, 0.15) is 11.0 Å². The lowest BCUT2D eigenvalue weighted by molar-refractivity contribution is -0.131. The highest BCUT2D eigenvalue weighted by Gasteiger charge is 2.26. The van der Waals surface area contributed by atoms with E-state index < -0.39 is 12.6 Å². The van der Waals surface area contributed by atoms with Gasteiger partial charge in [0.15, 0.2) is 11.6 Å². The number of hydrogen-bond donors (Lipinski definition) is 4. The van der Waals surface area contributed by atoms with Gasteiger partial charge in [-0.1, -0.05) is 6.92 Å². The van der Waals surface area contributed by atoms with Gasteiger partial charge in [0.2, 0.25) is 11.9 Å². The van der Waals surface area contributed by atoms with E-state index in [-0.39, 0.29) is 18.3 Å². The standard InChI is InChI=1S/C14H21F3N8/c1-4-6-20-10-8-9(23-12(18-2)24-10)11(25-13(19-3)22-8)21-7-5-14(15,16)17/h4-7H2,1-3H3,(H2,18,20,23,24)(H2,19,21,22,25). The Balaban J connectivity index is 2.47. The lowest BCUT2D eigenvalue weighted by Crippen LogP contribution is -2.16. The molecule has 0 aromatic carbocycles. The number of anilines is 4. The van der Waals surface area contributed by atoms with Gasteiger partial charge < -0.3 is 21.3 Å². The largest absolute Gasteiger partial charge is 0.390 e. The summed E-state index contributed by atoms with van der Waals surface area (Å²) in [6, 6.07) is 0. The van der Waals surface area contributed by atoms with Crippen LogP contribution in [0.1, 0.15) is 19.8 Å². The molecule has 0 fully saturated rings. The third-order valence-corrected chi connectivity index (χ3v) is 3.23. The number of halogens is 3. The highest BCUT2D eigenvalue weighted by Crippen LogP contribution is 2.27. The van der Waals surface area contributed by atoms with Gasteiger partial charge in [0.05, 0.1) is 6.42 Å². The molecule has 8 nitrogen and oxygen atoms in total. The van der Waals surface area contributed by atoms with Gasteiger partial charge in [-0.2, -0.15) is 23.1 Å². The van der Waals surface area contributed by atoms with Gasteiger partial charge >= 0.3 is 6.18 Å². The first kappa shape index (κ1) is 18.7. The summed E-state index contributed by atoms with van der Waals surface area (Å²) >= 11 is 0. The maximum atomic E-state index is 12.4. The molecule has 2 aromatic heterocycles. The number of nitrogens with zero attached hydrogens (tertiary/aromatic N) is 4. The van der Waals surface area contributed by atoms with Crippen LogP contribution in [0.4, 0.5) is 36.7 Å². The Morgan fingerprint density at radius 3 is 1.68 bits per heavy atom. The Hall–Kier alpha value is -2.59. The molecule has 0 aliphatic heterocycles. The normalized spacial score (nSPS) is 11.4. The molecule has 138 valence electrons. The Bertz CT molecular complexity index is 719. The summed E-state index contributed by atoms with van der Waals surface area (Å²) in [5, 5.41) is 11.5. The highest BCUT2D eigenvalue weighted by molar-refractivity contribution is 5.94. The fourth-order valence-corrected chi connectivity index (χ4v) is 2.05. The van der Waals surface area contributed by atoms with E-state index in [0.29, 0.717) is 29.3 Å². The summed E-state index contributed by atoms with van der Waals surface area (Å²) in [7, 11) is 3.28. The zero-order valence-corrected chi connectivity index (χ0v) is 14.3. The van der Waals surface area contributed by atoms with Crippen molar-refractivity contribution in [2.45, 2.75) is 25.9 Å². The highest BCUT2D eigenvalue weighted by atomic mass is 19.4. The van der Waals surface area contributed by atoms with Gasteiger partial charge in [0.25, 0.3) is 0 Å². The molecule has 0 saturated carbocycles. The minimum Gasteiger partial charge on any atom is -0.368 e. The van der Waals surface area contributed by atoms with Crippen LogP contribution in [0, 0.1) is 0 Å². The number of hydrogen-bond acceptors (Lipinski definition) is 8. The summed E-state index contributed by atoms with van der Waals surface area (Å²) in [5.74, 6) is 1.30. The summed E-state index contributed by atoms with van der Waals surface area (Å²) in [5.41, 5.74) is 0.778. The molecule has 0 spiro atoms. The first-order chi connectivity index (χ1) is 11.9. The van der Waals surface area contributed by atoms with Crippen molar-refractivity contribution in [1.29, 1.82) is 0 Å². The average Bonchev–Trinajstić information content (AvgIpc) is 2.58. The second-order valence-corrected chi connectivity index (χ2v) is 5.21. The van der Waals surface area contributed by atoms with Crippen molar-refractivity contribution >= 4 is 34.6 Å². The van der Waals surface area contributed by atoms with E-state index in [1.54, 1.807) is 14.1 Å². The summed E-state index contributed by atoms with van der Waals surface area (Å²) in [6.07, 6.45) is -4.35. The van der Waals surface area contributed by atoms with Crippen molar-refractivity contribution in [3.63, 3.8) is 0 Å². The molecule has 0 unspecified atom stereocenters. The second-order valence-electron chi connectivity index (χ2n) is 5.21. The van der Waals surface area contributed by atoms with E-state index >= 15 is 0 Å². The first-order valence-electron chi connectivity index (χ1n) is 7.87. The van der Waals surface area contributed by atoms with Crippen LogP contribution in [-0.4, -0.2) is 53.3 Å². The molecule has 0 saturated heterocycles. The molecule has 25 heavy (non-hydrogen) atoms. The molecule has 2 rings (SSSR count). The molecule has 11 heteroatoms. The number of aromatic nitrogens is 4. The predicted molar refractivity (Wildman–Crippen MR) is 92.2 cm³/mol. The average molecular weight is 358 g/mol. The van der Waals surface area contributed by atoms with Crippen molar-refractivity contribution in [3.8, 4) is 0 Å². The molecular weight excluding hydrogens is 337 g/mol. The third kappa shape index (κ3) is 4.94. The van der Waals surface area contributed by atoms with Crippen LogP contribution < -0.4 is 21.3 Å². The maximum Gasteiger partial charge on any atom is 0.390 e. The van der Waals surface area contributed by atoms with Gasteiger partial charge in [-0.25, -0.2) is 9.97 Å². The third-order valence-electron chi connectivity index (χ3n) is 3.23. The summed E-state index contributed by atoms with van der Waals surface area (Å²) in [4.78, 5) is 17.2. The predicted octanol–water partition coefficient (Wildman–Crippen LogP) is 2.69. The van der Waals surface area contributed by atoms with Crippen molar-refractivity contribution in [3.05, 3.63) is 0 Å². The molecular formula is C14H21F3N8. The monoisotopic (exact) mass is 358 g/mol. The SMILES string of the molecule is CCCNc1nc(NC)nc2c(NCCC(F)(F)F)nc(NC)nc12. The van der Waals surface area contributed by atoms with Crippen LogP contribution in [-0.2, 0) is 0 Å². The number of alkyl halides is 3. The first-order valence-corrected chi connectivity index (χ1v) is 7.87. The van der Waals surface area contributed by atoms with Gasteiger partial charge in [-0.15, -0.1) is 0 Å². The van der Waals surface area contributed by atoms with Crippen LogP contribution in [0.3, 0.4) is 0 Å². The van der Waals surface area contributed by atoms with Crippen LogP contribution in [0.5, 0.6) is 0 Å². The van der Waals surface area contributed by atoms with Gasteiger partial charge in [-0.3, -0.25) is 0 Å². The molecule has 4 N–H and O–H groups in total. The molecule has 0 amide bonds. The maximum absolute atomic E-state index is 12.4. The summed E-state index contributed by atoms with van der Waals surface area (Å²) in [6.45, 7) is 2.37. The minimum atomic E-state index is -4.25. The lowest BCUT2D eigenvalue weighted by atomic mass is 10.3. The van der Waals surface area contributed by atoms with E-state index in [0.717, 1.165) is 6.42 Å². The van der Waals surface area contributed by atoms with Crippen molar-refractivity contribution in [1.82, 2.24) is 19.9 Å². The zero-order valence-electron chi connectivity index (χ0n) is 14.3. The number of rotatable bonds is 8. The number of nitrogens with one attached hydrogen (secondary N) is 4. The summed E-state index contributed by atoms with van der Waals surface area (Å²) < 4.78 is 37.2. The van der Waals surface area contributed by atoms with E-state index in [1.165, 1.54) is 0 Å². The Labute approximate surface area is 143 Å². The molecule has 0 atom stereocenters. The van der Waals surface area contributed by atoms with Crippen LogP contribution >= 0.6 is 0 Å². The molecule has 0 bridgehead atoms. The number of fused-ring (bicyclic) bond motifs is 1. The second kappa shape index (κ2) is 7.99. The molecule has 0 radical (unpaired) electrons. The smallest absolute Gasteiger partial charge is 0.368 e. The molecule has 2 aromatic rings. The fourth-order valence-electron chi connectivity index (χ4n) is 2.05. The van der Waals surface area contributed by atoms with E-state index in [9.17, 15) is 13.2 Å². The minimum absolute atomic E-state index is 0.219. The van der Waals surface area contributed by atoms with Crippen molar-refractivity contribution < 1.29 is 13.2 Å². The van der Waals surface area contributed by atoms with Crippen LogP contribution in [0.2, 0.25) is 0 Å². The zero-order chi connectivity index (χ0) is 18.4. The van der Waals surface area contributed by atoms with E-state index in [2.05, 4.69) is 41.2 Å². The topological polar surface area (TPSA) is 99.7 Å². The van der Waals surface area contributed by atoms with Crippen molar-refractivity contribution in [2.75, 3.05) is 48.5 Å². The Morgan fingerprint density at radius 2 is 1.28 bits per heavy atom. The Kier molecular flexibility index (Phi) is 5.99.